The average molecular weight is 335 g/mol. The Morgan fingerprint density at radius 2 is 1.87 bits per heavy atom. The molecule has 0 saturated carbocycles. The van der Waals surface area contributed by atoms with E-state index in [1.165, 1.54) is 4.68 Å². The Morgan fingerprint density at radius 3 is 2.43 bits per heavy atom. The summed E-state index contributed by atoms with van der Waals surface area (Å²) < 4.78 is 34.7. The van der Waals surface area contributed by atoms with Gasteiger partial charge in [0.1, 0.15) is 4.90 Å². The fourth-order valence-corrected chi connectivity index (χ4v) is 3.39. The van der Waals surface area contributed by atoms with E-state index < -0.39 is 10.1 Å². The number of nitrogens with zero attached hydrogens (tertiary/aromatic N) is 2. The number of nitrogen functional groups attached to an aromatic ring is 1. The first-order valence-corrected chi connectivity index (χ1v) is 8.69. The van der Waals surface area contributed by atoms with Crippen LogP contribution < -0.4 is 11.3 Å². The van der Waals surface area contributed by atoms with E-state index in [1.807, 2.05) is 39.8 Å². The van der Waals surface area contributed by atoms with Crippen molar-refractivity contribution in [1.82, 2.24) is 4.68 Å². The molecule has 0 radical (unpaired) electrons. The highest BCUT2D eigenvalue weighted by Crippen LogP contribution is 2.29. The number of aromatic nitrogens is 1. The molecule has 0 fully saturated rings. The Kier molecular flexibility index (Phi) is 4.63. The number of hydrogen-bond donors (Lipinski definition) is 2. The van der Waals surface area contributed by atoms with E-state index in [2.05, 4.69) is 4.99 Å². The molecule has 0 atom stereocenters. The first kappa shape index (κ1) is 17.2. The minimum Gasteiger partial charge on any atom is -0.338 e. The van der Waals surface area contributed by atoms with Crippen LogP contribution in [-0.4, -0.2) is 17.6 Å². The first-order chi connectivity index (χ1) is 10.6. The second-order valence-electron chi connectivity index (χ2n) is 5.56. The van der Waals surface area contributed by atoms with Gasteiger partial charge in [-0.2, -0.15) is 8.42 Å². The van der Waals surface area contributed by atoms with Crippen LogP contribution in [0.4, 0.5) is 5.69 Å². The monoisotopic (exact) mass is 335 g/mol. The highest BCUT2D eigenvalue weighted by atomic mass is 32.2. The molecule has 0 aliphatic rings. The van der Waals surface area contributed by atoms with Crippen LogP contribution in [0.15, 0.2) is 34.2 Å². The van der Waals surface area contributed by atoms with Crippen molar-refractivity contribution in [3.63, 3.8) is 0 Å². The van der Waals surface area contributed by atoms with Crippen LogP contribution in [0.25, 0.3) is 0 Å². The van der Waals surface area contributed by atoms with Crippen molar-refractivity contribution in [3.05, 3.63) is 52.1 Å². The molecule has 0 aliphatic heterocycles. The molecule has 2 rings (SSSR count). The molecule has 3 N–H and O–H groups in total. The summed E-state index contributed by atoms with van der Waals surface area (Å²) in [6, 6.07) is 7.08. The third-order valence-electron chi connectivity index (χ3n) is 3.69. The minimum absolute atomic E-state index is 0.161. The van der Waals surface area contributed by atoms with Crippen molar-refractivity contribution in [2.24, 2.45) is 4.99 Å². The van der Waals surface area contributed by atoms with Gasteiger partial charge in [-0.15, -0.1) is 0 Å². The summed E-state index contributed by atoms with van der Waals surface area (Å²) in [7, 11) is -4.39. The quantitative estimate of drug-likeness (QED) is 0.663. The number of rotatable bonds is 3. The zero-order valence-corrected chi connectivity index (χ0v) is 14.5. The normalized spacial score (nSPS) is 12.7. The van der Waals surface area contributed by atoms with Gasteiger partial charge in [-0.05, 0) is 56.0 Å². The van der Waals surface area contributed by atoms with Crippen LogP contribution in [0.5, 0.6) is 0 Å². The van der Waals surface area contributed by atoms with Crippen LogP contribution in [0.1, 0.15) is 29.3 Å². The van der Waals surface area contributed by atoms with E-state index in [1.54, 1.807) is 12.1 Å². The fraction of sp³-hybridized carbons (Fsp3) is 0.312. The second-order valence-corrected chi connectivity index (χ2v) is 6.92. The lowest BCUT2D eigenvalue weighted by Crippen LogP contribution is -2.31. The minimum atomic E-state index is -4.39. The molecule has 0 bridgehead atoms. The van der Waals surface area contributed by atoms with Gasteiger partial charge in [0.15, 0.2) is 5.49 Å². The first-order valence-electron chi connectivity index (χ1n) is 7.25. The van der Waals surface area contributed by atoms with Crippen LogP contribution >= 0.6 is 0 Å². The summed E-state index contributed by atoms with van der Waals surface area (Å²) in [5.41, 5.74) is 3.62. The van der Waals surface area contributed by atoms with Crippen molar-refractivity contribution in [1.29, 1.82) is 0 Å². The predicted octanol–water partition coefficient (Wildman–Crippen LogP) is 2.17. The molecule has 0 saturated heterocycles. The third-order valence-corrected chi connectivity index (χ3v) is 4.68. The van der Waals surface area contributed by atoms with E-state index in [0.717, 1.165) is 16.8 Å². The third kappa shape index (κ3) is 3.46. The largest absolute Gasteiger partial charge is 0.338 e. The number of hydrogen-bond acceptors (Lipinski definition) is 4. The Hall–Kier alpha value is -2.12. The zero-order chi connectivity index (χ0) is 17.4. The van der Waals surface area contributed by atoms with Crippen LogP contribution in [0.2, 0.25) is 0 Å². The van der Waals surface area contributed by atoms with Gasteiger partial charge in [0.25, 0.3) is 10.1 Å². The van der Waals surface area contributed by atoms with Gasteiger partial charge in [0, 0.05) is 5.69 Å². The summed E-state index contributed by atoms with van der Waals surface area (Å²) in [6.07, 6.45) is 0.467. The summed E-state index contributed by atoms with van der Waals surface area (Å²) >= 11 is 0. The van der Waals surface area contributed by atoms with Gasteiger partial charge in [0.05, 0.1) is 5.69 Å². The predicted molar refractivity (Wildman–Crippen MR) is 89.7 cm³/mol. The molecule has 124 valence electrons. The molecular weight excluding hydrogens is 314 g/mol. The van der Waals surface area contributed by atoms with Crippen molar-refractivity contribution in [2.45, 2.75) is 39.0 Å². The molecule has 1 aromatic carbocycles. The average Bonchev–Trinajstić information content (AvgIpc) is 2.45. The highest BCUT2D eigenvalue weighted by molar-refractivity contribution is 7.86. The van der Waals surface area contributed by atoms with E-state index >= 15 is 0 Å². The van der Waals surface area contributed by atoms with Gasteiger partial charge in [-0.25, -0.2) is 9.67 Å². The zero-order valence-electron chi connectivity index (χ0n) is 13.7. The van der Waals surface area contributed by atoms with E-state index in [9.17, 15) is 13.0 Å². The molecule has 6 nitrogen and oxygen atoms in total. The second kappa shape index (κ2) is 6.17. The maximum Gasteiger partial charge on any atom is 0.296 e. The van der Waals surface area contributed by atoms with Crippen molar-refractivity contribution < 1.29 is 13.0 Å². The number of pyridine rings is 1. The van der Waals surface area contributed by atoms with Crippen LogP contribution in [0.3, 0.4) is 0 Å². The molecule has 0 aliphatic carbocycles. The smallest absolute Gasteiger partial charge is 0.296 e. The van der Waals surface area contributed by atoms with E-state index in [-0.39, 0.29) is 10.6 Å². The maximum atomic E-state index is 11.8. The number of benzene rings is 1. The number of aryl methyl sites for hydroxylation is 4. The molecule has 23 heavy (non-hydrogen) atoms. The van der Waals surface area contributed by atoms with Crippen molar-refractivity contribution in [3.8, 4) is 0 Å². The van der Waals surface area contributed by atoms with Crippen molar-refractivity contribution in [2.75, 3.05) is 5.84 Å². The van der Waals surface area contributed by atoms with E-state index in [4.69, 9.17) is 5.84 Å². The molecule has 1 heterocycles. The summed E-state index contributed by atoms with van der Waals surface area (Å²) in [5, 5.41) is 0. The lowest BCUT2D eigenvalue weighted by Gasteiger charge is -2.12. The topological polar surface area (TPSA) is 97.7 Å². The maximum absolute atomic E-state index is 11.8. The summed E-state index contributed by atoms with van der Waals surface area (Å²) in [5.74, 6) is 6.01. The van der Waals surface area contributed by atoms with Crippen LogP contribution in [0, 0.1) is 20.8 Å². The lowest BCUT2D eigenvalue weighted by molar-refractivity contribution is 0.482. The van der Waals surface area contributed by atoms with Gasteiger partial charge in [0.2, 0.25) is 0 Å². The Bertz CT molecular complexity index is 928. The molecular formula is C16H21N3O3S. The Labute approximate surface area is 136 Å². The molecule has 2 aromatic rings. The fourth-order valence-electron chi connectivity index (χ4n) is 2.48. The molecule has 0 amide bonds. The van der Waals surface area contributed by atoms with Gasteiger partial charge < -0.3 is 5.84 Å². The van der Waals surface area contributed by atoms with Gasteiger partial charge >= 0.3 is 0 Å². The number of nitrogens with two attached hydrogens (primary N) is 1. The molecule has 0 spiro atoms. The summed E-state index contributed by atoms with van der Waals surface area (Å²) in [4.78, 5) is 4.28. The Balaban J connectivity index is 2.93. The van der Waals surface area contributed by atoms with E-state index in [0.29, 0.717) is 17.5 Å². The van der Waals surface area contributed by atoms with Crippen LogP contribution in [-0.2, 0) is 16.5 Å². The standard InChI is InChI=1S/C16H21N3O3S/c1-5-13-8-10(2)9-14(15(13)23(20,21)22)18-16-11(3)6-7-12(4)19(16)17/h6-9H,5,17H2,1-4H3,(H,20,21,22). The lowest BCUT2D eigenvalue weighted by atomic mass is 10.1. The molecule has 0 unspecified atom stereocenters. The van der Waals surface area contributed by atoms with Crippen molar-refractivity contribution >= 4 is 15.8 Å². The van der Waals surface area contributed by atoms with Gasteiger partial charge in [-0.1, -0.05) is 19.1 Å². The molecule has 1 aromatic heterocycles. The van der Waals surface area contributed by atoms with Gasteiger partial charge in [-0.3, -0.25) is 4.55 Å². The summed E-state index contributed by atoms with van der Waals surface area (Å²) in [6.45, 7) is 7.35. The Morgan fingerprint density at radius 1 is 1.22 bits per heavy atom. The SMILES string of the molecule is CCc1cc(C)cc(N=c2c(C)ccc(C)n2N)c1S(=O)(=O)O. The molecule has 7 heteroatoms. The highest BCUT2D eigenvalue weighted by Gasteiger charge is 2.20.